The Labute approximate surface area is 166 Å². The molecule has 1 aromatic carbocycles. The minimum Gasteiger partial charge on any atom is -0.496 e. The number of nitrogens with one attached hydrogen (secondary N) is 1. The zero-order valence-corrected chi connectivity index (χ0v) is 17.0. The quantitative estimate of drug-likeness (QED) is 0.825. The standard InChI is InChI=1S/C21H28N4O3/c1-14(2)18-10-16(15(3)9-19(18)27-4)11-22-20(26)17-12-23-21(24-13-17)25-5-7-28-8-6-25/h9-10,12-14H,5-8,11H2,1-4H3,(H,22,26). The van der Waals surface area contributed by atoms with Crippen molar-refractivity contribution in [3.05, 3.63) is 46.8 Å². The molecular weight excluding hydrogens is 356 g/mol. The molecule has 1 aliphatic heterocycles. The highest BCUT2D eigenvalue weighted by Gasteiger charge is 2.16. The zero-order chi connectivity index (χ0) is 20.1. The van der Waals surface area contributed by atoms with Crippen LogP contribution in [0.4, 0.5) is 5.95 Å². The van der Waals surface area contributed by atoms with Crippen LogP contribution < -0.4 is 15.0 Å². The molecular formula is C21H28N4O3. The van der Waals surface area contributed by atoms with Gasteiger partial charge >= 0.3 is 0 Å². The van der Waals surface area contributed by atoms with Crippen LogP contribution >= 0.6 is 0 Å². The normalized spacial score (nSPS) is 14.2. The predicted molar refractivity (Wildman–Crippen MR) is 108 cm³/mol. The molecule has 2 aromatic rings. The molecule has 2 heterocycles. The maximum atomic E-state index is 12.5. The highest BCUT2D eigenvalue weighted by molar-refractivity contribution is 5.93. The van der Waals surface area contributed by atoms with Crippen LogP contribution in [0, 0.1) is 6.92 Å². The molecule has 7 heteroatoms. The Morgan fingerprint density at radius 2 is 1.93 bits per heavy atom. The van der Waals surface area contributed by atoms with Gasteiger partial charge in [0, 0.05) is 32.0 Å². The Hall–Kier alpha value is -2.67. The molecule has 1 saturated heterocycles. The number of hydrogen-bond donors (Lipinski definition) is 1. The van der Waals surface area contributed by atoms with Gasteiger partial charge in [0.2, 0.25) is 5.95 Å². The van der Waals surface area contributed by atoms with Gasteiger partial charge in [-0.05, 0) is 41.7 Å². The van der Waals surface area contributed by atoms with Crippen LogP contribution in [0.2, 0.25) is 0 Å². The topological polar surface area (TPSA) is 76.6 Å². The van der Waals surface area contributed by atoms with E-state index >= 15 is 0 Å². The minimum atomic E-state index is -0.185. The third kappa shape index (κ3) is 4.59. The maximum absolute atomic E-state index is 12.5. The number of methoxy groups -OCH3 is 1. The first-order valence-corrected chi connectivity index (χ1v) is 9.60. The van der Waals surface area contributed by atoms with Crippen LogP contribution in [0.1, 0.15) is 46.8 Å². The third-order valence-electron chi connectivity index (χ3n) is 4.94. The molecule has 0 spiro atoms. The molecule has 3 rings (SSSR count). The number of aryl methyl sites for hydroxylation is 1. The van der Waals surface area contributed by atoms with Crippen LogP contribution in [-0.4, -0.2) is 49.3 Å². The first-order chi connectivity index (χ1) is 13.5. The summed E-state index contributed by atoms with van der Waals surface area (Å²) < 4.78 is 10.8. The monoisotopic (exact) mass is 384 g/mol. The zero-order valence-electron chi connectivity index (χ0n) is 17.0. The number of carbonyl (C=O) groups excluding carboxylic acids is 1. The lowest BCUT2D eigenvalue weighted by Gasteiger charge is -2.26. The van der Waals surface area contributed by atoms with Crippen LogP contribution in [0.25, 0.3) is 0 Å². The van der Waals surface area contributed by atoms with Gasteiger partial charge in [-0.3, -0.25) is 4.79 Å². The first-order valence-electron chi connectivity index (χ1n) is 9.60. The number of rotatable bonds is 6. The van der Waals surface area contributed by atoms with Crippen molar-refractivity contribution in [2.24, 2.45) is 0 Å². The molecule has 150 valence electrons. The second-order valence-electron chi connectivity index (χ2n) is 7.23. The van der Waals surface area contributed by atoms with Gasteiger partial charge < -0.3 is 19.7 Å². The van der Waals surface area contributed by atoms with Crippen molar-refractivity contribution >= 4 is 11.9 Å². The molecule has 0 atom stereocenters. The summed E-state index contributed by atoms with van der Waals surface area (Å²) in [6, 6.07) is 4.13. The Kier molecular flexibility index (Phi) is 6.46. The van der Waals surface area contributed by atoms with Gasteiger partial charge in [0.1, 0.15) is 5.75 Å². The number of hydrogen-bond acceptors (Lipinski definition) is 6. The van der Waals surface area contributed by atoms with Crippen LogP contribution in [0.15, 0.2) is 24.5 Å². The third-order valence-corrected chi connectivity index (χ3v) is 4.94. The summed E-state index contributed by atoms with van der Waals surface area (Å²) in [4.78, 5) is 23.2. The molecule has 1 fully saturated rings. The number of benzene rings is 1. The molecule has 1 N–H and O–H groups in total. The predicted octanol–water partition coefficient (Wildman–Crippen LogP) is 2.68. The molecule has 1 aromatic heterocycles. The van der Waals surface area contributed by atoms with Crippen molar-refractivity contribution in [2.75, 3.05) is 38.3 Å². The highest BCUT2D eigenvalue weighted by atomic mass is 16.5. The summed E-state index contributed by atoms with van der Waals surface area (Å²) in [5.41, 5.74) is 3.74. The Morgan fingerprint density at radius 1 is 1.25 bits per heavy atom. The Bertz CT molecular complexity index is 815. The van der Waals surface area contributed by atoms with Crippen LogP contribution in [0.5, 0.6) is 5.75 Å². The average molecular weight is 384 g/mol. The van der Waals surface area contributed by atoms with E-state index in [-0.39, 0.29) is 5.91 Å². The van der Waals surface area contributed by atoms with E-state index in [1.807, 2.05) is 13.0 Å². The van der Waals surface area contributed by atoms with Crippen LogP contribution in [-0.2, 0) is 11.3 Å². The van der Waals surface area contributed by atoms with E-state index in [9.17, 15) is 4.79 Å². The summed E-state index contributed by atoms with van der Waals surface area (Å²) >= 11 is 0. The van der Waals surface area contributed by atoms with Crippen molar-refractivity contribution in [3.63, 3.8) is 0 Å². The molecule has 7 nitrogen and oxygen atoms in total. The number of morpholine rings is 1. The SMILES string of the molecule is COc1cc(C)c(CNC(=O)c2cnc(N3CCOCC3)nc2)cc1C(C)C. The minimum absolute atomic E-state index is 0.185. The van der Waals surface area contributed by atoms with E-state index in [1.165, 1.54) is 0 Å². The van der Waals surface area contributed by atoms with Gasteiger partial charge in [-0.15, -0.1) is 0 Å². The molecule has 0 aliphatic carbocycles. The molecule has 1 aliphatic rings. The van der Waals surface area contributed by atoms with Gasteiger partial charge in [-0.1, -0.05) is 13.8 Å². The van der Waals surface area contributed by atoms with Crippen molar-refractivity contribution < 1.29 is 14.3 Å². The van der Waals surface area contributed by atoms with Gasteiger partial charge in [-0.2, -0.15) is 0 Å². The molecule has 0 bridgehead atoms. The Morgan fingerprint density at radius 3 is 2.54 bits per heavy atom. The maximum Gasteiger partial charge on any atom is 0.254 e. The molecule has 0 saturated carbocycles. The summed E-state index contributed by atoms with van der Waals surface area (Å²) in [6.45, 7) is 9.59. The second kappa shape index (κ2) is 9.01. The van der Waals surface area contributed by atoms with E-state index in [0.717, 1.165) is 35.5 Å². The number of nitrogens with zero attached hydrogens (tertiary/aromatic N) is 3. The summed E-state index contributed by atoms with van der Waals surface area (Å²) in [5.74, 6) is 1.67. The van der Waals surface area contributed by atoms with E-state index in [2.05, 4.69) is 40.1 Å². The number of aromatic nitrogens is 2. The number of ether oxygens (including phenoxy) is 2. The van der Waals surface area contributed by atoms with Crippen molar-refractivity contribution in [3.8, 4) is 5.75 Å². The van der Waals surface area contributed by atoms with E-state index in [4.69, 9.17) is 9.47 Å². The van der Waals surface area contributed by atoms with Gasteiger partial charge in [0.15, 0.2) is 0 Å². The molecule has 0 unspecified atom stereocenters. The van der Waals surface area contributed by atoms with Gasteiger partial charge in [0.05, 0.1) is 25.9 Å². The lowest BCUT2D eigenvalue weighted by Crippen LogP contribution is -2.37. The largest absolute Gasteiger partial charge is 0.496 e. The summed E-state index contributed by atoms with van der Waals surface area (Å²) in [7, 11) is 1.68. The Balaban J connectivity index is 1.66. The fraction of sp³-hybridized carbons (Fsp3) is 0.476. The van der Waals surface area contributed by atoms with Crippen LogP contribution in [0.3, 0.4) is 0 Å². The fourth-order valence-corrected chi connectivity index (χ4v) is 3.21. The smallest absolute Gasteiger partial charge is 0.254 e. The van der Waals surface area contributed by atoms with E-state index in [0.29, 0.717) is 37.2 Å². The first kappa shape index (κ1) is 20.1. The highest BCUT2D eigenvalue weighted by Crippen LogP contribution is 2.29. The lowest BCUT2D eigenvalue weighted by molar-refractivity contribution is 0.0950. The fourth-order valence-electron chi connectivity index (χ4n) is 3.21. The number of anilines is 1. The van der Waals surface area contributed by atoms with Crippen molar-refractivity contribution in [1.82, 2.24) is 15.3 Å². The second-order valence-corrected chi connectivity index (χ2v) is 7.23. The average Bonchev–Trinajstić information content (AvgIpc) is 2.73. The molecule has 0 radical (unpaired) electrons. The molecule has 28 heavy (non-hydrogen) atoms. The van der Waals surface area contributed by atoms with Crippen molar-refractivity contribution in [2.45, 2.75) is 33.2 Å². The van der Waals surface area contributed by atoms with Gasteiger partial charge in [0.25, 0.3) is 5.91 Å². The number of amides is 1. The summed E-state index contributed by atoms with van der Waals surface area (Å²) in [5, 5.41) is 2.97. The summed E-state index contributed by atoms with van der Waals surface area (Å²) in [6.07, 6.45) is 3.15. The van der Waals surface area contributed by atoms with E-state index in [1.54, 1.807) is 19.5 Å². The van der Waals surface area contributed by atoms with Gasteiger partial charge in [-0.25, -0.2) is 9.97 Å². The molecule has 1 amide bonds. The van der Waals surface area contributed by atoms with E-state index < -0.39 is 0 Å². The van der Waals surface area contributed by atoms with Crippen molar-refractivity contribution in [1.29, 1.82) is 0 Å². The number of carbonyl (C=O) groups is 1. The lowest BCUT2D eigenvalue weighted by atomic mass is 9.96.